The Morgan fingerprint density at radius 2 is 1.96 bits per heavy atom. The second-order valence-electron chi connectivity index (χ2n) is 6.51. The highest BCUT2D eigenvalue weighted by atomic mass is 32.2. The second kappa shape index (κ2) is 7.17. The summed E-state index contributed by atoms with van der Waals surface area (Å²) >= 11 is 0. The van der Waals surface area contributed by atoms with Gasteiger partial charge in [-0.25, -0.2) is 8.60 Å². The first-order chi connectivity index (χ1) is 12.6. The number of anilines is 1. The van der Waals surface area contributed by atoms with Crippen LogP contribution in [0, 0.1) is 11.0 Å². The lowest BCUT2D eigenvalue weighted by Gasteiger charge is -2.15. The highest BCUT2D eigenvalue weighted by Gasteiger charge is 2.37. The smallest absolute Gasteiger partial charge is 0.297 e. The summed E-state index contributed by atoms with van der Waals surface area (Å²) < 4.78 is 27.4. The first-order valence-corrected chi connectivity index (χ1v) is 9.91. The van der Waals surface area contributed by atoms with Crippen LogP contribution in [0.2, 0.25) is 0 Å². The van der Waals surface area contributed by atoms with Gasteiger partial charge < -0.3 is 15.4 Å². The van der Waals surface area contributed by atoms with E-state index in [1.165, 1.54) is 25.0 Å². The Kier molecular flexibility index (Phi) is 4.74. The van der Waals surface area contributed by atoms with Gasteiger partial charge in [0.2, 0.25) is 5.69 Å². The minimum Gasteiger partial charge on any atom is -0.617 e. The number of halogens is 1. The summed E-state index contributed by atoms with van der Waals surface area (Å²) in [6.07, 6.45) is 2.51. The number of fused-ring (bicyclic) bond motifs is 1. The first-order valence-electron chi connectivity index (χ1n) is 8.76. The van der Waals surface area contributed by atoms with Crippen LogP contribution in [0.25, 0.3) is 0 Å². The molecule has 1 fully saturated rings. The minimum absolute atomic E-state index is 0.0488. The minimum atomic E-state index is -1.69. The molecule has 0 bridgehead atoms. The van der Waals surface area contributed by atoms with E-state index in [-0.39, 0.29) is 10.6 Å². The third kappa shape index (κ3) is 3.12. The van der Waals surface area contributed by atoms with Crippen molar-refractivity contribution in [1.29, 1.82) is 0 Å². The van der Waals surface area contributed by atoms with Crippen LogP contribution in [-0.2, 0) is 10.8 Å². The molecule has 1 atom stereocenters. The molecule has 1 saturated heterocycles. The predicted octanol–water partition coefficient (Wildman–Crippen LogP) is 3.04. The van der Waals surface area contributed by atoms with E-state index in [4.69, 9.17) is 0 Å². The molecule has 5 nitrogen and oxygen atoms in total. The molecule has 2 aliphatic rings. The summed E-state index contributed by atoms with van der Waals surface area (Å²) in [6.45, 7) is 4.02. The maximum atomic E-state index is 14.1. The molecule has 0 spiro atoms. The lowest BCUT2D eigenvalue weighted by molar-refractivity contribution is -0.357. The van der Waals surface area contributed by atoms with Gasteiger partial charge in [-0.2, -0.15) is 4.74 Å². The second-order valence-corrected chi connectivity index (χ2v) is 7.87. The zero-order valence-electron chi connectivity index (χ0n) is 14.3. The predicted molar refractivity (Wildman–Crippen MR) is 101 cm³/mol. The summed E-state index contributed by atoms with van der Waals surface area (Å²) in [5, 5.41) is 15.9. The Bertz CT molecular complexity index is 894. The fourth-order valence-electron chi connectivity index (χ4n) is 3.44. The largest absolute Gasteiger partial charge is 0.617 e. The van der Waals surface area contributed by atoms with E-state index >= 15 is 0 Å². The average Bonchev–Trinajstić information content (AvgIpc) is 3.24. The maximum Gasteiger partial charge on any atom is 0.297 e. The number of hydrogen-bond acceptors (Lipinski definition) is 4. The van der Waals surface area contributed by atoms with E-state index in [1.807, 2.05) is 6.07 Å². The Hall–Kier alpha value is -2.25. The topological polar surface area (TPSA) is 58.4 Å². The number of rotatable bonds is 5. The molecule has 0 aromatic heterocycles. The summed E-state index contributed by atoms with van der Waals surface area (Å²) in [7, 11) is -1.69. The molecule has 7 heteroatoms. The van der Waals surface area contributed by atoms with Crippen molar-refractivity contribution >= 4 is 27.2 Å². The van der Waals surface area contributed by atoms with E-state index in [1.54, 1.807) is 24.3 Å². The van der Waals surface area contributed by atoms with Crippen LogP contribution in [0.1, 0.15) is 18.4 Å². The Balaban J connectivity index is 1.56. The molecule has 26 heavy (non-hydrogen) atoms. The van der Waals surface area contributed by atoms with Crippen LogP contribution < -0.4 is 5.32 Å². The highest BCUT2D eigenvalue weighted by molar-refractivity contribution is 8.01. The molecular weight excluding hydrogens is 353 g/mol. The molecule has 1 N–H and O–H groups in total. The quantitative estimate of drug-likeness (QED) is 0.647. The fraction of sp³-hybridized carbons (Fsp3) is 0.316. The van der Waals surface area contributed by atoms with Gasteiger partial charge in [-0.05, 0) is 50.2 Å². The summed E-state index contributed by atoms with van der Waals surface area (Å²) in [4.78, 5) is 2.82. The van der Waals surface area contributed by atoms with E-state index in [0.29, 0.717) is 15.3 Å². The van der Waals surface area contributed by atoms with Crippen molar-refractivity contribution in [2.75, 3.05) is 31.5 Å². The van der Waals surface area contributed by atoms with Crippen molar-refractivity contribution < 1.29 is 13.3 Å². The maximum absolute atomic E-state index is 14.1. The van der Waals surface area contributed by atoms with Gasteiger partial charge in [0, 0.05) is 24.8 Å². The number of nitrogens with zero attached hydrogens (tertiary/aromatic N) is 2. The Morgan fingerprint density at radius 3 is 2.73 bits per heavy atom. The SMILES string of the molecule is O=S1C(c2ccccc2F)=[N+]([O-])c2cc(NCCN3CCCC3)ccc21. The van der Waals surface area contributed by atoms with Crippen molar-refractivity contribution in [2.45, 2.75) is 17.7 Å². The normalized spacial score (nSPS) is 19.8. The Labute approximate surface area is 154 Å². The van der Waals surface area contributed by atoms with Crippen LogP contribution in [0.15, 0.2) is 47.4 Å². The lowest BCUT2D eigenvalue weighted by Crippen LogP contribution is -2.25. The van der Waals surface area contributed by atoms with Gasteiger partial charge >= 0.3 is 0 Å². The number of hydrogen-bond donors (Lipinski definition) is 1. The summed E-state index contributed by atoms with van der Waals surface area (Å²) in [6, 6.07) is 11.1. The monoisotopic (exact) mass is 373 g/mol. The third-order valence-corrected chi connectivity index (χ3v) is 6.28. The molecule has 1 unspecified atom stereocenters. The van der Waals surface area contributed by atoms with Crippen LogP contribution in [-0.4, -0.2) is 45.1 Å². The van der Waals surface area contributed by atoms with Crippen LogP contribution >= 0.6 is 0 Å². The van der Waals surface area contributed by atoms with Crippen molar-refractivity contribution in [3.63, 3.8) is 0 Å². The van der Waals surface area contributed by atoms with Crippen LogP contribution in [0.3, 0.4) is 0 Å². The molecule has 2 aromatic carbocycles. The molecule has 0 saturated carbocycles. The zero-order chi connectivity index (χ0) is 18.1. The van der Waals surface area contributed by atoms with Gasteiger partial charge in [-0.15, -0.1) is 0 Å². The van der Waals surface area contributed by atoms with E-state index in [2.05, 4.69) is 10.2 Å². The van der Waals surface area contributed by atoms with Gasteiger partial charge in [0.25, 0.3) is 5.04 Å². The summed E-state index contributed by atoms with van der Waals surface area (Å²) in [5.41, 5.74) is 1.20. The van der Waals surface area contributed by atoms with Crippen molar-refractivity contribution in [3.05, 3.63) is 59.1 Å². The zero-order valence-corrected chi connectivity index (χ0v) is 15.1. The lowest BCUT2D eigenvalue weighted by atomic mass is 10.2. The number of nitrogens with one attached hydrogen (secondary N) is 1. The number of benzene rings is 2. The fourth-order valence-corrected chi connectivity index (χ4v) is 4.79. The average molecular weight is 373 g/mol. The van der Waals surface area contributed by atoms with Gasteiger partial charge in [-0.1, -0.05) is 12.1 Å². The summed E-state index contributed by atoms with van der Waals surface area (Å²) in [5.74, 6) is -0.548. The van der Waals surface area contributed by atoms with E-state index in [0.717, 1.165) is 31.9 Å². The van der Waals surface area contributed by atoms with Crippen molar-refractivity contribution in [1.82, 2.24) is 4.90 Å². The van der Waals surface area contributed by atoms with E-state index in [9.17, 15) is 13.8 Å². The molecule has 2 aromatic rings. The van der Waals surface area contributed by atoms with Crippen LogP contribution in [0.5, 0.6) is 0 Å². The first kappa shape index (κ1) is 17.2. The third-order valence-electron chi connectivity index (χ3n) is 4.80. The molecule has 0 aliphatic carbocycles. The van der Waals surface area contributed by atoms with E-state index < -0.39 is 16.6 Å². The van der Waals surface area contributed by atoms with Gasteiger partial charge in [-0.3, -0.25) is 0 Å². The molecule has 0 radical (unpaired) electrons. The molecular formula is C19H20FN3O2S. The van der Waals surface area contributed by atoms with Crippen LogP contribution in [0.4, 0.5) is 15.8 Å². The Morgan fingerprint density at radius 1 is 1.19 bits per heavy atom. The van der Waals surface area contributed by atoms with Gasteiger partial charge in [0.15, 0.2) is 10.8 Å². The van der Waals surface area contributed by atoms with Gasteiger partial charge in [0.1, 0.15) is 10.7 Å². The molecule has 2 aliphatic heterocycles. The molecule has 136 valence electrons. The number of likely N-dealkylation sites (tertiary alicyclic amines) is 1. The molecule has 0 amide bonds. The van der Waals surface area contributed by atoms with Crippen molar-refractivity contribution in [2.24, 2.45) is 0 Å². The highest BCUT2D eigenvalue weighted by Crippen LogP contribution is 2.34. The molecule has 2 heterocycles. The standard InChI is InChI=1S/C19H20FN3O2S/c20-16-6-2-1-5-15(16)19-23(24)17-13-14(7-8-18(17)26(19)25)21-9-12-22-10-3-4-11-22/h1-2,5-8,13,21H,3-4,9-12H2. The molecule has 4 rings (SSSR count). The van der Waals surface area contributed by atoms with Crippen molar-refractivity contribution in [3.8, 4) is 0 Å². The van der Waals surface area contributed by atoms with Gasteiger partial charge in [0.05, 0.1) is 5.56 Å².